The molecule has 0 aliphatic rings. The summed E-state index contributed by atoms with van der Waals surface area (Å²) in [6.07, 6.45) is 0. The van der Waals surface area contributed by atoms with Crippen molar-refractivity contribution in [2.75, 3.05) is 33.4 Å². The molecule has 2 N–H and O–H groups in total. The molecule has 1 aromatic carbocycles. The molecule has 1 amide bonds. The lowest BCUT2D eigenvalue weighted by Gasteiger charge is -2.05. The molecule has 1 heterocycles. The Morgan fingerprint density at radius 3 is 2.46 bits per heavy atom. The summed E-state index contributed by atoms with van der Waals surface area (Å²) in [5.74, 6) is 0.374. The van der Waals surface area contributed by atoms with Crippen LogP contribution in [0.5, 0.6) is 0 Å². The van der Waals surface area contributed by atoms with Crippen LogP contribution in [0.15, 0.2) is 29.6 Å². The highest BCUT2D eigenvalue weighted by atomic mass is 35.5. The van der Waals surface area contributed by atoms with Crippen LogP contribution in [0.25, 0.3) is 10.6 Å². The Morgan fingerprint density at radius 2 is 1.85 bits per heavy atom. The van der Waals surface area contributed by atoms with Gasteiger partial charge in [-0.15, -0.1) is 36.2 Å². The molecule has 1 aromatic heterocycles. The molecule has 8 heteroatoms. The molecule has 0 saturated carbocycles. The molecular weight excluding hydrogens is 393 g/mol. The Morgan fingerprint density at radius 1 is 1.15 bits per heavy atom. The minimum atomic E-state index is -0.134. The molecule has 26 heavy (non-hydrogen) atoms. The standard InChI is InChI=1S/C18H25N3O2S.2ClH/c1-13(2)14-4-6-15(7-5-14)18-21-16(12-24-18)17(22)20-9-8-19-10-11-23-3;;/h4-7,12-13,19H,8-11H2,1-3H3,(H,20,22);2*1H. The van der Waals surface area contributed by atoms with Crippen LogP contribution in [-0.2, 0) is 4.74 Å². The van der Waals surface area contributed by atoms with Gasteiger partial charge in [0.05, 0.1) is 6.61 Å². The topological polar surface area (TPSA) is 63.2 Å². The van der Waals surface area contributed by atoms with Gasteiger partial charge in [0, 0.05) is 37.7 Å². The summed E-state index contributed by atoms with van der Waals surface area (Å²) in [4.78, 5) is 16.6. The van der Waals surface area contributed by atoms with Gasteiger partial charge in [-0.25, -0.2) is 4.98 Å². The average Bonchev–Trinajstić information content (AvgIpc) is 3.08. The van der Waals surface area contributed by atoms with Gasteiger partial charge in [-0.05, 0) is 11.5 Å². The average molecular weight is 420 g/mol. The molecule has 0 fully saturated rings. The Balaban J connectivity index is 0.00000312. The summed E-state index contributed by atoms with van der Waals surface area (Å²) in [6, 6.07) is 8.37. The van der Waals surface area contributed by atoms with E-state index in [2.05, 4.69) is 53.7 Å². The van der Waals surface area contributed by atoms with Crippen molar-refractivity contribution in [2.45, 2.75) is 19.8 Å². The van der Waals surface area contributed by atoms with Crippen LogP contribution in [0.4, 0.5) is 0 Å². The van der Waals surface area contributed by atoms with E-state index in [9.17, 15) is 4.79 Å². The monoisotopic (exact) mass is 419 g/mol. The number of carbonyl (C=O) groups is 1. The minimum absolute atomic E-state index is 0. The maximum Gasteiger partial charge on any atom is 0.270 e. The van der Waals surface area contributed by atoms with Crippen LogP contribution in [0.3, 0.4) is 0 Å². The number of rotatable bonds is 9. The van der Waals surface area contributed by atoms with Crippen molar-refractivity contribution in [3.8, 4) is 10.6 Å². The molecule has 5 nitrogen and oxygen atoms in total. The van der Waals surface area contributed by atoms with Gasteiger partial charge >= 0.3 is 0 Å². The maximum atomic E-state index is 12.1. The molecular formula is C18H27Cl2N3O2S. The van der Waals surface area contributed by atoms with Crippen LogP contribution in [0.2, 0.25) is 0 Å². The zero-order valence-electron chi connectivity index (χ0n) is 15.3. The molecule has 2 aromatic rings. The molecule has 0 bridgehead atoms. The van der Waals surface area contributed by atoms with Crippen LogP contribution in [-0.4, -0.2) is 44.2 Å². The smallest absolute Gasteiger partial charge is 0.270 e. The van der Waals surface area contributed by atoms with Crippen LogP contribution in [0.1, 0.15) is 35.8 Å². The summed E-state index contributed by atoms with van der Waals surface area (Å²) in [5.41, 5.74) is 2.82. The van der Waals surface area contributed by atoms with Crippen molar-refractivity contribution in [1.29, 1.82) is 0 Å². The van der Waals surface area contributed by atoms with E-state index >= 15 is 0 Å². The fourth-order valence-corrected chi connectivity index (χ4v) is 2.98. The molecule has 0 spiro atoms. The Kier molecular flexibility index (Phi) is 12.5. The second kappa shape index (κ2) is 13.1. The Bertz CT molecular complexity index is 648. The number of benzene rings is 1. The van der Waals surface area contributed by atoms with E-state index in [1.54, 1.807) is 12.5 Å². The first-order valence-electron chi connectivity index (χ1n) is 8.15. The first-order valence-corrected chi connectivity index (χ1v) is 9.03. The zero-order chi connectivity index (χ0) is 17.4. The van der Waals surface area contributed by atoms with E-state index in [0.29, 0.717) is 31.3 Å². The van der Waals surface area contributed by atoms with Gasteiger partial charge in [0.1, 0.15) is 10.7 Å². The quantitative estimate of drug-likeness (QED) is 0.607. The van der Waals surface area contributed by atoms with Crippen molar-refractivity contribution in [2.24, 2.45) is 0 Å². The number of methoxy groups -OCH3 is 1. The molecule has 0 aliphatic heterocycles. The third-order valence-corrected chi connectivity index (χ3v) is 4.52. The van der Waals surface area contributed by atoms with Gasteiger partial charge in [-0.3, -0.25) is 4.79 Å². The lowest BCUT2D eigenvalue weighted by atomic mass is 10.0. The van der Waals surface area contributed by atoms with Crippen molar-refractivity contribution >= 4 is 42.1 Å². The fraction of sp³-hybridized carbons (Fsp3) is 0.444. The number of halogens is 2. The third kappa shape index (κ3) is 7.60. The van der Waals surface area contributed by atoms with E-state index in [1.807, 2.05) is 0 Å². The SMILES string of the molecule is COCCNCCNC(=O)c1csc(-c2ccc(C(C)C)cc2)n1.Cl.Cl. The number of thiazole rings is 1. The highest BCUT2D eigenvalue weighted by Crippen LogP contribution is 2.25. The van der Waals surface area contributed by atoms with Gasteiger partial charge < -0.3 is 15.4 Å². The lowest BCUT2D eigenvalue weighted by Crippen LogP contribution is -2.33. The number of nitrogens with zero attached hydrogens (tertiary/aromatic N) is 1. The Hall–Kier alpha value is -1.18. The van der Waals surface area contributed by atoms with Crippen LogP contribution < -0.4 is 10.6 Å². The van der Waals surface area contributed by atoms with Gasteiger partial charge in [0.25, 0.3) is 5.91 Å². The summed E-state index contributed by atoms with van der Waals surface area (Å²) >= 11 is 1.49. The van der Waals surface area contributed by atoms with E-state index < -0.39 is 0 Å². The summed E-state index contributed by atoms with van der Waals surface area (Å²) in [7, 11) is 1.67. The number of aromatic nitrogens is 1. The molecule has 146 valence electrons. The minimum Gasteiger partial charge on any atom is -0.383 e. The highest BCUT2D eigenvalue weighted by Gasteiger charge is 2.11. The first-order chi connectivity index (χ1) is 11.6. The number of nitrogens with one attached hydrogen (secondary N) is 2. The van der Waals surface area contributed by atoms with Crippen LogP contribution in [0, 0.1) is 0 Å². The van der Waals surface area contributed by atoms with Gasteiger partial charge in [0.15, 0.2) is 0 Å². The van der Waals surface area contributed by atoms with E-state index in [-0.39, 0.29) is 30.7 Å². The van der Waals surface area contributed by atoms with Crippen molar-refractivity contribution in [1.82, 2.24) is 15.6 Å². The number of hydrogen-bond acceptors (Lipinski definition) is 5. The first kappa shape index (κ1) is 24.8. The molecule has 0 unspecified atom stereocenters. The molecule has 0 aliphatic carbocycles. The van der Waals surface area contributed by atoms with E-state index in [4.69, 9.17) is 4.74 Å². The second-order valence-electron chi connectivity index (χ2n) is 5.81. The zero-order valence-corrected chi connectivity index (χ0v) is 17.7. The molecule has 0 radical (unpaired) electrons. The maximum absolute atomic E-state index is 12.1. The van der Waals surface area contributed by atoms with Crippen molar-refractivity contribution < 1.29 is 9.53 Å². The van der Waals surface area contributed by atoms with Gasteiger partial charge in [-0.1, -0.05) is 38.1 Å². The molecule has 0 saturated heterocycles. The third-order valence-electron chi connectivity index (χ3n) is 3.63. The highest BCUT2D eigenvalue weighted by molar-refractivity contribution is 7.13. The molecule has 2 rings (SSSR count). The van der Waals surface area contributed by atoms with Crippen LogP contribution >= 0.6 is 36.2 Å². The number of carbonyl (C=O) groups excluding carboxylic acids is 1. The van der Waals surface area contributed by atoms with Crippen molar-refractivity contribution in [3.05, 3.63) is 40.9 Å². The second-order valence-corrected chi connectivity index (χ2v) is 6.67. The number of ether oxygens (including phenoxy) is 1. The van der Waals surface area contributed by atoms with E-state index in [1.165, 1.54) is 16.9 Å². The van der Waals surface area contributed by atoms with Gasteiger partial charge in [0.2, 0.25) is 0 Å². The summed E-state index contributed by atoms with van der Waals surface area (Å²) < 4.78 is 4.95. The normalized spacial score (nSPS) is 10.2. The predicted octanol–water partition coefficient (Wildman–Crippen LogP) is 3.74. The van der Waals surface area contributed by atoms with E-state index in [0.717, 1.165) is 17.1 Å². The molecule has 0 atom stereocenters. The lowest BCUT2D eigenvalue weighted by molar-refractivity contribution is 0.0949. The largest absolute Gasteiger partial charge is 0.383 e. The summed E-state index contributed by atoms with van der Waals surface area (Å²) in [5, 5.41) is 8.72. The number of amides is 1. The summed E-state index contributed by atoms with van der Waals surface area (Å²) in [6.45, 7) is 7.07. The Labute approximate surface area is 171 Å². The predicted molar refractivity (Wildman–Crippen MR) is 113 cm³/mol. The van der Waals surface area contributed by atoms with Crippen molar-refractivity contribution in [3.63, 3.8) is 0 Å². The number of hydrogen-bond donors (Lipinski definition) is 2. The van der Waals surface area contributed by atoms with Gasteiger partial charge in [-0.2, -0.15) is 0 Å². The fourth-order valence-electron chi connectivity index (χ4n) is 2.18.